The van der Waals surface area contributed by atoms with Gasteiger partial charge in [0, 0.05) is 30.2 Å². The molecule has 204 valence electrons. The predicted molar refractivity (Wildman–Crippen MR) is 141 cm³/mol. The molecular weight excluding hydrogens is 511 g/mol. The van der Waals surface area contributed by atoms with E-state index < -0.39 is 45.5 Å². The Morgan fingerprint density at radius 1 is 1.18 bits per heavy atom. The van der Waals surface area contributed by atoms with Crippen molar-refractivity contribution in [2.24, 2.45) is 5.92 Å². The highest BCUT2D eigenvalue weighted by atomic mass is 32.2. The van der Waals surface area contributed by atoms with Gasteiger partial charge in [-0.05, 0) is 74.9 Å². The SMILES string of the molecule is CC(C)(C)[S+]([O-])NC(CCC1CC1)(c1ccncc1)c1ccc(F)c(NC(=O)[C@H]2CC(=O)CN2C(=O)O)c1. The van der Waals surface area contributed by atoms with Gasteiger partial charge in [-0.25, -0.2) is 9.18 Å². The Kier molecular flexibility index (Phi) is 8.10. The van der Waals surface area contributed by atoms with Gasteiger partial charge in [-0.2, -0.15) is 0 Å². The molecule has 9 nitrogen and oxygen atoms in total. The average Bonchev–Trinajstić information content (AvgIpc) is 3.61. The minimum absolute atomic E-state index is 0.148. The van der Waals surface area contributed by atoms with Gasteiger partial charge in [0.05, 0.1) is 12.2 Å². The lowest BCUT2D eigenvalue weighted by molar-refractivity contribution is -0.121. The number of amides is 2. The first-order valence-electron chi connectivity index (χ1n) is 12.6. The highest BCUT2D eigenvalue weighted by Gasteiger charge is 2.44. The van der Waals surface area contributed by atoms with Crippen molar-refractivity contribution < 1.29 is 28.4 Å². The van der Waals surface area contributed by atoms with E-state index >= 15 is 4.39 Å². The second-order valence-electron chi connectivity index (χ2n) is 11.0. The minimum Gasteiger partial charge on any atom is -0.598 e. The Morgan fingerprint density at radius 2 is 1.87 bits per heavy atom. The molecule has 2 amide bonds. The standard InChI is InChI=1S/C27H33FN4O5S/c1-26(2,3)38(37)31-27(11-8-17-4-5-17,18-9-12-29-13-10-18)19-6-7-21(28)22(14-19)30-24(34)23-15-20(33)16-32(23)25(35)36/h6-7,9-10,12-14,17,23,31H,4-5,8,11,15-16H2,1-3H3,(H,30,34)(H,35,36)/t23-,27?,38?/m1/s1. The van der Waals surface area contributed by atoms with Gasteiger partial charge in [0.1, 0.15) is 22.1 Å². The van der Waals surface area contributed by atoms with Gasteiger partial charge in [0.15, 0.2) is 5.78 Å². The summed E-state index contributed by atoms with van der Waals surface area (Å²) in [4.78, 5) is 41.2. The summed E-state index contributed by atoms with van der Waals surface area (Å²) in [5.41, 5.74) is 0.266. The Morgan fingerprint density at radius 3 is 2.47 bits per heavy atom. The lowest BCUT2D eigenvalue weighted by atomic mass is 9.79. The number of pyridine rings is 1. The predicted octanol–water partition coefficient (Wildman–Crippen LogP) is 3.97. The minimum atomic E-state index is -1.50. The molecule has 0 spiro atoms. The van der Waals surface area contributed by atoms with E-state index in [1.165, 1.54) is 12.1 Å². The molecule has 2 heterocycles. The Labute approximate surface area is 224 Å². The van der Waals surface area contributed by atoms with Crippen LogP contribution in [0.1, 0.15) is 64.0 Å². The monoisotopic (exact) mass is 544 g/mol. The Balaban J connectivity index is 1.74. The van der Waals surface area contributed by atoms with Crippen molar-refractivity contribution >= 4 is 34.8 Å². The molecular formula is C27H33FN4O5S. The maximum absolute atomic E-state index is 15.0. The molecule has 1 aliphatic carbocycles. The van der Waals surface area contributed by atoms with E-state index in [1.54, 1.807) is 18.5 Å². The van der Waals surface area contributed by atoms with E-state index in [4.69, 9.17) is 0 Å². The van der Waals surface area contributed by atoms with Gasteiger partial charge < -0.3 is 15.0 Å². The first kappa shape index (κ1) is 28.0. The van der Waals surface area contributed by atoms with Crippen molar-refractivity contribution in [3.63, 3.8) is 0 Å². The molecule has 11 heteroatoms. The first-order valence-corrected chi connectivity index (χ1v) is 13.8. The molecule has 2 aliphatic rings. The van der Waals surface area contributed by atoms with E-state index in [9.17, 15) is 24.0 Å². The van der Waals surface area contributed by atoms with Gasteiger partial charge in [0.2, 0.25) is 5.91 Å². The van der Waals surface area contributed by atoms with Crippen LogP contribution in [0, 0.1) is 11.7 Å². The summed E-state index contributed by atoms with van der Waals surface area (Å²) in [6.45, 7) is 5.20. The Hall–Kier alpha value is -3.02. The van der Waals surface area contributed by atoms with Crippen molar-refractivity contribution in [2.75, 3.05) is 11.9 Å². The number of benzene rings is 1. The summed E-state index contributed by atoms with van der Waals surface area (Å²) in [6.07, 6.45) is 5.31. The number of aromatic nitrogens is 1. The zero-order valence-corrected chi connectivity index (χ0v) is 22.5. The number of halogens is 1. The van der Waals surface area contributed by atoms with Crippen molar-refractivity contribution in [1.82, 2.24) is 14.6 Å². The summed E-state index contributed by atoms with van der Waals surface area (Å²) < 4.78 is 31.2. The van der Waals surface area contributed by atoms with Crippen LogP contribution in [-0.2, 0) is 26.5 Å². The van der Waals surface area contributed by atoms with Crippen LogP contribution in [0.15, 0.2) is 42.7 Å². The molecule has 38 heavy (non-hydrogen) atoms. The third kappa shape index (κ3) is 6.16. The van der Waals surface area contributed by atoms with Gasteiger partial charge in [-0.15, -0.1) is 4.72 Å². The van der Waals surface area contributed by atoms with Crippen LogP contribution in [0.4, 0.5) is 14.9 Å². The van der Waals surface area contributed by atoms with Crippen LogP contribution in [0.2, 0.25) is 0 Å². The number of carboxylic acid groups (broad SMARTS) is 1. The number of nitrogens with zero attached hydrogens (tertiary/aromatic N) is 2. The fourth-order valence-electron chi connectivity index (χ4n) is 4.63. The molecule has 1 aromatic heterocycles. The molecule has 1 saturated carbocycles. The number of hydrogen-bond donors (Lipinski definition) is 3. The largest absolute Gasteiger partial charge is 0.598 e. The molecule has 1 aliphatic heterocycles. The highest BCUT2D eigenvalue weighted by molar-refractivity contribution is 7.90. The van der Waals surface area contributed by atoms with Crippen molar-refractivity contribution in [2.45, 2.75) is 69.2 Å². The lowest BCUT2D eigenvalue weighted by Crippen LogP contribution is -2.52. The fourth-order valence-corrected chi connectivity index (χ4v) is 5.59. The van der Waals surface area contributed by atoms with Crippen LogP contribution in [0.25, 0.3) is 0 Å². The summed E-state index contributed by atoms with van der Waals surface area (Å²) in [6, 6.07) is 6.75. The molecule has 3 atom stereocenters. The fraction of sp³-hybridized carbons (Fsp3) is 0.481. The topological polar surface area (TPSA) is 135 Å². The van der Waals surface area contributed by atoms with Gasteiger partial charge >= 0.3 is 6.09 Å². The number of likely N-dealkylation sites (tertiary alicyclic amines) is 1. The maximum atomic E-state index is 15.0. The smallest absolute Gasteiger partial charge is 0.408 e. The van der Waals surface area contributed by atoms with E-state index in [0.29, 0.717) is 17.9 Å². The van der Waals surface area contributed by atoms with E-state index in [1.807, 2.05) is 32.9 Å². The zero-order chi connectivity index (χ0) is 27.7. The highest BCUT2D eigenvalue weighted by Crippen LogP contribution is 2.43. The summed E-state index contributed by atoms with van der Waals surface area (Å²) in [5.74, 6) is -1.32. The molecule has 3 N–H and O–H groups in total. The van der Waals surface area contributed by atoms with Crippen LogP contribution in [0.5, 0.6) is 0 Å². The second kappa shape index (κ2) is 11.0. The number of Topliss-reactive ketones (excluding diaryl/α,β-unsaturated/α-hetero) is 1. The van der Waals surface area contributed by atoms with Gasteiger partial charge in [0.25, 0.3) is 0 Å². The normalized spacial score (nSPS) is 20.2. The van der Waals surface area contributed by atoms with Crippen LogP contribution < -0.4 is 10.0 Å². The molecule has 0 bridgehead atoms. The van der Waals surface area contributed by atoms with Crippen LogP contribution >= 0.6 is 0 Å². The third-order valence-corrected chi connectivity index (χ3v) is 8.68. The van der Waals surface area contributed by atoms with Gasteiger partial charge in [-0.3, -0.25) is 19.5 Å². The van der Waals surface area contributed by atoms with Crippen molar-refractivity contribution in [3.8, 4) is 0 Å². The van der Waals surface area contributed by atoms with E-state index in [2.05, 4.69) is 15.0 Å². The van der Waals surface area contributed by atoms with E-state index in [0.717, 1.165) is 29.7 Å². The lowest BCUT2D eigenvalue weighted by Gasteiger charge is -2.39. The summed E-state index contributed by atoms with van der Waals surface area (Å²) in [5, 5.41) is 11.9. The van der Waals surface area contributed by atoms with Crippen molar-refractivity contribution in [1.29, 1.82) is 0 Å². The van der Waals surface area contributed by atoms with Crippen molar-refractivity contribution in [3.05, 3.63) is 59.7 Å². The molecule has 1 saturated heterocycles. The number of ketones is 1. The second-order valence-corrected chi connectivity index (χ2v) is 12.9. The first-order chi connectivity index (χ1) is 17.9. The quantitative estimate of drug-likeness (QED) is 0.407. The molecule has 2 fully saturated rings. The zero-order valence-electron chi connectivity index (χ0n) is 21.7. The van der Waals surface area contributed by atoms with Crippen LogP contribution in [-0.4, -0.2) is 54.7 Å². The Bertz CT molecular complexity index is 1200. The molecule has 2 unspecified atom stereocenters. The van der Waals surface area contributed by atoms with Gasteiger partial charge in [-0.1, -0.05) is 18.9 Å². The number of hydrogen-bond acceptors (Lipinski definition) is 6. The summed E-state index contributed by atoms with van der Waals surface area (Å²) in [7, 11) is 0. The number of anilines is 1. The van der Waals surface area contributed by atoms with E-state index in [-0.39, 0.29) is 24.4 Å². The number of nitrogens with one attached hydrogen (secondary N) is 2. The third-order valence-electron chi connectivity index (χ3n) is 7.03. The molecule has 0 radical (unpaired) electrons. The number of carbonyl (C=O) groups is 3. The average molecular weight is 545 g/mol. The molecule has 4 rings (SSSR count). The maximum Gasteiger partial charge on any atom is 0.408 e. The number of carbonyl (C=O) groups excluding carboxylic acids is 2. The molecule has 1 aromatic carbocycles. The number of rotatable bonds is 9. The molecule has 2 aromatic rings. The van der Waals surface area contributed by atoms with Crippen LogP contribution in [0.3, 0.4) is 0 Å². The summed E-state index contributed by atoms with van der Waals surface area (Å²) >= 11 is -1.50.